The van der Waals surface area contributed by atoms with E-state index in [-0.39, 0.29) is 29.5 Å². The van der Waals surface area contributed by atoms with E-state index in [1.165, 1.54) is 25.7 Å². The molecule has 0 aromatic carbocycles. The number of carboxylic acids is 1. The third-order valence-electron chi connectivity index (χ3n) is 11.0. The maximum absolute atomic E-state index is 11.7. The van der Waals surface area contributed by atoms with E-state index in [2.05, 4.69) is 27.7 Å². The van der Waals surface area contributed by atoms with Gasteiger partial charge < -0.3 is 15.3 Å². The molecule has 4 aliphatic carbocycles. The minimum Gasteiger partial charge on any atom is -0.481 e. The molecule has 4 rings (SSSR count). The molecule has 4 saturated carbocycles. The third-order valence-corrected chi connectivity index (χ3v) is 11.0. The number of rotatable bonds is 5. The Morgan fingerprint density at radius 3 is 2.33 bits per heavy atom. The van der Waals surface area contributed by atoms with Gasteiger partial charge in [-0.25, -0.2) is 0 Å². The van der Waals surface area contributed by atoms with Gasteiger partial charge in [0.15, 0.2) is 0 Å². The second-order valence-electron chi connectivity index (χ2n) is 12.0. The van der Waals surface area contributed by atoms with Crippen molar-refractivity contribution in [2.45, 2.75) is 104 Å². The van der Waals surface area contributed by atoms with Gasteiger partial charge in [-0.3, -0.25) is 4.79 Å². The first kappa shape index (κ1) is 22.6. The Balaban J connectivity index is 1.61. The molecule has 4 nitrogen and oxygen atoms in total. The van der Waals surface area contributed by atoms with Crippen molar-refractivity contribution in [3.05, 3.63) is 0 Å². The Morgan fingerprint density at radius 1 is 1.00 bits per heavy atom. The van der Waals surface area contributed by atoms with Crippen LogP contribution >= 0.6 is 0 Å². The van der Waals surface area contributed by atoms with Crippen molar-refractivity contribution >= 4 is 5.97 Å². The molecule has 11 atom stereocenters. The van der Waals surface area contributed by atoms with Crippen molar-refractivity contribution in [1.29, 1.82) is 0 Å². The van der Waals surface area contributed by atoms with Crippen molar-refractivity contribution in [1.82, 2.24) is 0 Å². The van der Waals surface area contributed by atoms with Crippen molar-refractivity contribution in [3.8, 4) is 0 Å². The number of hydrogen-bond donors (Lipinski definition) is 3. The van der Waals surface area contributed by atoms with Gasteiger partial charge in [-0.1, -0.05) is 34.1 Å². The smallest absolute Gasteiger partial charge is 0.303 e. The summed E-state index contributed by atoms with van der Waals surface area (Å²) in [5, 5.41) is 31.3. The lowest BCUT2D eigenvalue weighted by Crippen LogP contribution is -2.62. The molecule has 0 spiro atoms. The zero-order chi connectivity index (χ0) is 21.8. The molecule has 0 bridgehead atoms. The number of aliphatic hydroxyl groups is 2. The first-order chi connectivity index (χ1) is 14.1. The van der Waals surface area contributed by atoms with E-state index in [1.54, 1.807) is 0 Å². The summed E-state index contributed by atoms with van der Waals surface area (Å²) < 4.78 is 0. The van der Waals surface area contributed by atoms with Crippen LogP contribution in [0.15, 0.2) is 0 Å². The first-order valence-electron chi connectivity index (χ1n) is 12.7. The van der Waals surface area contributed by atoms with Crippen LogP contribution in [0, 0.1) is 52.3 Å². The highest BCUT2D eigenvalue weighted by Crippen LogP contribution is 2.69. The van der Waals surface area contributed by atoms with Crippen molar-refractivity contribution in [2.75, 3.05) is 0 Å². The lowest BCUT2D eigenvalue weighted by atomic mass is 9.41. The molecule has 30 heavy (non-hydrogen) atoms. The van der Waals surface area contributed by atoms with Crippen LogP contribution in [0.25, 0.3) is 0 Å². The zero-order valence-electron chi connectivity index (χ0n) is 19.5. The number of fused-ring (bicyclic) bond motifs is 5. The fourth-order valence-electron chi connectivity index (χ4n) is 9.48. The molecule has 4 unspecified atom stereocenters. The fourth-order valence-corrected chi connectivity index (χ4v) is 9.48. The lowest BCUT2D eigenvalue weighted by molar-refractivity contribution is -0.203. The van der Waals surface area contributed by atoms with E-state index >= 15 is 0 Å². The van der Waals surface area contributed by atoms with Gasteiger partial charge in [0, 0.05) is 6.42 Å². The maximum Gasteiger partial charge on any atom is 0.303 e. The number of carbonyl (C=O) groups is 1. The summed E-state index contributed by atoms with van der Waals surface area (Å²) in [6, 6.07) is 0. The third kappa shape index (κ3) is 3.36. The van der Waals surface area contributed by atoms with Crippen LogP contribution in [0.5, 0.6) is 0 Å². The summed E-state index contributed by atoms with van der Waals surface area (Å²) in [5.41, 5.74) is 0.480. The standard InChI is InChI=1S/C26H44O4/c1-5-17-21-14-16(27)10-12-26(21,4)20-11-13-25(3)18(15(2)6-9-22(28)29)7-8-19(25)23(20)24(17)30/h15-21,23-24,27,30H,5-14H2,1-4H3,(H,28,29)/t15-,16+,17-,18-,19?,20?,21+,23?,24+,25?,26-/m1/s1. The van der Waals surface area contributed by atoms with E-state index in [0.29, 0.717) is 41.4 Å². The highest BCUT2D eigenvalue weighted by atomic mass is 16.4. The molecule has 0 aliphatic heterocycles. The molecule has 0 aromatic heterocycles. The molecule has 172 valence electrons. The maximum atomic E-state index is 11.7. The summed E-state index contributed by atoms with van der Waals surface area (Å²) in [6.45, 7) is 9.44. The van der Waals surface area contributed by atoms with Gasteiger partial charge >= 0.3 is 5.97 Å². The summed E-state index contributed by atoms with van der Waals surface area (Å²) >= 11 is 0. The quantitative estimate of drug-likeness (QED) is 0.577. The molecule has 0 aromatic rings. The molecular weight excluding hydrogens is 376 g/mol. The Hall–Kier alpha value is -0.610. The number of hydrogen-bond acceptors (Lipinski definition) is 3. The molecule has 4 aliphatic rings. The van der Waals surface area contributed by atoms with Crippen LogP contribution in [-0.2, 0) is 4.79 Å². The number of aliphatic carboxylic acids is 1. The second kappa shape index (κ2) is 8.06. The van der Waals surface area contributed by atoms with E-state index in [1.807, 2.05) is 0 Å². The van der Waals surface area contributed by atoms with Gasteiger partial charge in [0.25, 0.3) is 0 Å². The Labute approximate surface area is 182 Å². The van der Waals surface area contributed by atoms with Gasteiger partial charge in [-0.2, -0.15) is 0 Å². The monoisotopic (exact) mass is 420 g/mol. The van der Waals surface area contributed by atoms with Crippen LogP contribution in [0.4, 0.5) is 0 Å². The first-order valence-corrected chi connectivity index (χ1v) is 12.7. The minimum atomic E-state index is -0.683. The molecule has 0 saturated heterocycles. The van der Waals surface area contributed by atoms with Crippen molar-refractivity contribution in [3.63, 3.8) is 0 Å². The van der Waals surface area contributed by atoms with Gasteiger partial charge in [0.1, 0.15) is 0 Å². The topological polar surface area (TPSA) is 77.8 Å². The number of aliphatic hydroxyl groups excluding tert-OH is 2. The van der Waals surface area contributed by atoms with Crippen LogP contribution in [0.2, 0.25) is 0 Å². The molecule has 4 heteroatoms. The predicted molar refractivity (Wildman–Crippen MR) is 118 cm³/mol. The van der Waals surface area contributed by atoms with Crippen LogP contribution in [0.1, 0.15) is 91.9 Å². The van der Waals surface area contributed by atoms with E-state index < -0.39 is 5.97 Å². The molecule has 0 radical (unpaired) electrons. The molecule has 4 fully saturated rings. The minimum absolute atomic E-state index is 0.194. The largest absolute Gasteiger partial charge is 0.481 e. The predicted octanol–water partition coefficient (Wildman–Crippen LogP) is 5.11. The molecule has 0 heterocycles. The van der Waals surface area contributed by atoms with E-state index in [0.717, 1.165) is 32.1 Å². The average molecular weight is 421 g/mol. The Morgan fingerprint density at radius 2 is 1.67 bits per heavy atom. The molecule has 3 N–H and O–H groups in total. The van der Waals surface area contributed by atoms with Crippen LogP contribution in [0.3, 0.4) is 0 Å². The number of carboxylic acid groups (broad SMARTS) is 1. The second-order valence-corrected chi connectivity index (χ2v) is 12.0. The van der Waals surface area contributed by atoms with Crippen LogP contribution in [-0.4, -0.2) is 33.5 Å². The van der Waals surface area contributed by atoms with E-state index in [9.17, 15) is 15.0 Å². The normalized spacial score (nSPS) is 51.5. The summed E-state index contributed by atoms with van der Waals surface area (Å²) in [7, 11) is 0. The zero-order valence-corrected chi connectivity index (χ0v) is 19.5. The summed E-state index contributed by atoms with van der Waals surface area (Å²) in [4.78, 5) is 11.1. The summed E-state index contributed by atoms with van der Waals surface area (Å²) in [6.07, 6.45) is 9.27. The molecular formula is C26H44O4. The molecule has 0 amide bonds. The average Bonchev–Trinajstić information content (AvgIpc) is 3.05. The lowest BCUT2D eigenvalue weighted by Gasteiger charge is -2.64. The highest BCUT2D eigenvalue weighted by molar-refractivity contribution is 5.66. The van der Waals surface area contributed by atoms with Gasteiger partial charge in [-0.05, 0) is 104 Å². The fraction of sp³-hybridized carbons (Fsp3) is 0.962. The van der Waals surface area contributed by atoms with Crippen LogP contribution < -0.4 is 0 Å². The van der Waals surface area contributed by atoms with Crippen molar-refractivity contribution in [2.24, 2.45) is 52.3 Å². The SMILES string of the molecule is CC[C@H]1[C@H](O)C2C3CC[C@H]([C@H](C)CCC(=O)O)C3(C)CCC2[C@@]2(C)CC[C@H](O)C[C@@H]12. The van der Waals surface area contributed by atoms with E-state index in [4.69, 9.17) is 5.11 Å². The Bertz CT molecular complexity index is 649. The van der Waals surface area contributed by atoms with Gasteiger partial charge in [-0.15, -0.1) is 0 Å². The van der Waals surface area contributed by atoms with Gasteiger partial charge in [0.05, 0.1) is 12.2 Å². The van der Waals surface area contributed by atoms with Crippen molar-refractivity contribution < 1.29 is 20.1 Å². The highest BCUT2D eigenvalue weighted by Gasteiger charge is 2.64. The van der Waals surface area contributed by atoms with Gasteiger partial charge in [0.2, 0.25) is 0 Å². The Kier molecular flexibility index (Phi) is 6.07. The summed E-state index contributed by atoms with van der Waals surface area (Å²) in [5.74, 6) is 2.58.